The van der Waals surface area contributed by atoms with Gasteiger partial charge in [-0.3, -0.25) is 10.1 Å². The fourth-order valence-electron chi connectivity index (χ4n) is 2.94. The van der Waals surface area contributed by atoms with Gasteiger partial charge in [-0.2, -0.15) is 5.26 Å². The molecule has 7 nitrogen and oxygen atoms in total. The normalized spacial score (nSPS) is 11.0. The highest BCUT2D eigenvalue weighted by Crippen LogP contribution is 2.31. The summed E-state index contributed by atoms with van der Waals surface area (Å²) in [6, 6.07) is 13.3. The molecule has 0 radical (unpaired) electrons. The summed E-state index contributed by atoms with van der Waals surface area (Å²) in [7, 11) is 1.49. The van der Waals surface area contributed by atoms with Crippen LogP contribution in [0.2, 0.25) is 0 Å². The largest absolute Gasteiger partial charge is 0.493 e. The summed E-state index contributed by atoms with van der Waals surface area (Å²) in [6.45, 7) is -0.208. The van der Waals surface area contributed by atoms with Gasteiger partial charge in [0.25, 0.3) is 5.91 Å². The molecule has 170 valence electrons. The number of halogens is 1. The monoisotopic (exact) mass is 492 g/mol. The van der Waals surface area contributed by atoms with E-state index in [-0.39, 0.29) is 18.3 Å². The van der Waals surface area contributed by atoms with Gasteiger partial charge in [0, 0.05) is 22.5 Å². The quantitative estimate of drug-likeness (QED) is 0.327. The van der Waals surface area contributed by atoms with Gasteiger partial charge in [0.15, 0.2) is 23.2 Å². The summed E-state index contributed by atoms with van der Waals surface area (Å²) in [5, 5.41) is 16.9. The van der Waals surface area contributed by atoms with Gasteiger partial charge in [0.2, 0.25) is 0 Å². The minimum absolute atomic E-state index is 0.208. The Morgan fingerprint density at radius 1 is 1.21 bits per heavy atom. The van der Waals surface area contributed by atoms with Gasteiger partial charge in [-0.05, 0) is 48.0 Å². The molecular formula is C24H17FN4O3S2. The fourth-order valence-corrected chi connectivity index (χ4v) is 4.28. The first-order valence-corrected chi connectivity index (χ1v) is 11.7. The molecule has 0 spiro atoms. The number of allylic oxidation sites excluding steroid dienone is 1. The minimum atomic E-state index is -0.339. The zero-order chi connectivity index (χ0) is 23.9. The van der Waals surface area contributed by atoms with Crippen LogP contribution in [-0.2, 0) is 4.79 Å². The van der Waals surface area contributed by atoms with Crippen molar-refractivity contribution in [2.75, 3.05) is 19.0 Å². The van der Waals surface area contributed by atoms with Gasteiger partial charge in [-0.15, -0.1) is 22.7 Å². The number of nitriles is 1. The molecule has 0 saturated carbocycles. The highest BCUT2D eigenvalue weighted by molar-refractivity contribution is 7.13. The van der Waals surface area contributed by atoms with Crippen molar-refractivity contribution in [3.05, 3.63) is 75.8 Å². The highest BCUT2D eigenvalue weighted by Gasteiger charge is 2.12. The summed E-state index contributed by atoms with van der Waals surface area (Å²) in [6.07, 6.45) is 3.29. The lowest BCUT2D eigenvalue weighted by atomic mass is 10.1. The average Bonchev–Trinajstić information content (AvgIpc) is 3.54. The Kier molecular flexibility index (Phi) is 7.27. The molecule has 0 aliphatic rings. The van der Waals surface area contributed by atoms with E-state index in [2.05, 4.69) is 21.4 Å². The molecule has 2 aromatic carbocycles. The number of rotatable bonds is 8. The van der Waals surface area contributed by atoms with Gasteiger partial charge >= 0.3 is 0 Å². The first-order chi connectivity index (χ1) is 16.6. The van der Waals surface area contributed by atoms with Crippen molar-refractivity contribution >= 4 is 45.4 Å². The molecular weight excluding hydrogens is 475 g/mol. The summed E-state index contributed by atoms with van der Waals surface area (Å²) >= 11 is 2.64. The summed E-state index contributed by atoms with van der Waals surface area (Å²) in [4.78, 5) is 20.5. The van der Waals surface area contributed by atoms with Crippen LogP contribution in [0.5, 0.6) is 11.5 Å². The van der Waals surface area contributed by atoms with E-state index in [9.17, 15) is 14.4 Å². The van der Waals surface area contributed by atoms with Crippen LogP contribution in [0.25, 0.3) is 22.9 Å². The Balaban J connectivity index is 1.48. The number of nitrogens with one attached hydrogen (secondary N) is 1. The zero-order valence-electron chi connectivity index (χ0n) is 17.8. The van der Waals surface area contributed by atoms with Crippen LogP contribution in [0, 0.1) is 17.1 Å². The number of hydrogen-bond acceptors (Lipinski definition) is 8. The number of methoxy groups -OCH3 is 1. The second-order valence-corrected chi connectivity index (χ2v) is 8.55. The molecule has 34 heavy (non-hydrogen) atoms. The van der Waals surface area contributed by atoms with Gasteiger partial charge in [-0.25, -0.2) is 14.4 Å². The van der Waals surface area contributed by atoms with Crippen LogP contribution in [0.3, 0.4) is 0 Å². The van der Waals surface area contributed by atoms with Crippen LogP contribution in [-0.4, -0.2) is 29.6 Å². The van der Waals surface area contributed by atoms with E-state index in [0.717, 1.165) is 5.56 Å². The predicted molar refractivity (Wildman–Crippen MR) is 130 cm³/mol. The maximum Gasteiger partial charge on any atom is 0.264 e. The van der Waals surface area contributed by atoms with E-state index in [1.807, 2.05) is 5.38 Å². The van der Waals surface area contributed by atoms with E-state index in [1.165, 1.54) is 41.9 Å². The van der Waals surface area contributed by atoms with Gasteiger partial charge < -0.3 is 9.47 Å². The topological polar surface area (TPSA) is 97.1 Å². The Morgan fingerprint density at radius 2 is 2.03 bits per heavy atom. The van der Waals surface area contributed by atoms with Crippen LogP contribution < -0.4 is 14.8 Å². The maximum atomic E-state index is 13.2. The number of amides is 1. The lowest BCUT2D eigenvalue weighted by molar-refractivity contribution is -0.118. The molecule has 0 saturated heterocycles. The molecule has 0 unspecified atom stereocenters. The van der Waals surface area contributed by atoms with Crippen molar-refractivity contribution in [2.45, 2.75) is 0 Å². The number of carbonyl (C=O) groups excluding carboxylic acids is 1. The van der Waals surface area contributed by atoms with E-state index < -0.39 is 0 Å². The first-order valence-electron chi connectivity index (χ1n) is 9.89. The van der Waals surface area contributed by atoms with Crippen molar-refractivity contribution in [1.29, 1.82) is 5.26 Å². The number of nitrogens with zero attached hydrogens (tertiary/aromatic N) is 3. The number of aromatic nitrogens is 2. The number of ether oxygens (including phenoxy) is 2. The van der Waals surface area contributed by atoms with E-state index >= 15 is 0 Å². The molecule has 0 aliphatic carbocycles. The third-order valence-electron chi connectivity index (χ3n) is 4.53. The predicted octanol–water partition coefficient (Wildman–Crippen LogP) is 5.50. The third-order valence-corrected chi connectivity index (χ3v) is 6.10. The van der Waals surface area contributed by atoms with Crippen molar-refractivity contribution in [3.8, 4) is 28.8 Å². The standard InChI is InChI=1S/C24H17FN4O3S2/c1-31-21-11-15(2-7-20(21)32-13-22(30)29-24-27-8-9-33-24)10-17(12-26)23-28-19(14-34-23)16-3-5-18(25)6-4-16/h2-11,14H,13H2,1H3,(H,27,29,30). The van der Waals surface area contributed by atoms with E-state index in [0.29, 0.717) is 38.5 Å². The smallest absolute Gasteiger partial charge is 0.264 e. The van der Waals surface area contributed by atoms with E-state index in [4.69, 9.17) is 9.47 Å². The lowest BCUT2D eigenvalue weighted by Gasteiger charge is -2.11. The van der Waals surface area contributed by atoms with Gasteiger partial charge in [0.1, 0.15) is 16.9 Å². The fraction of sp³-hybridized carbons (Fsp3) is 0.0833. The van der Waals surface area contributed by atoms with Crippen LogP contribution in [0.4, 0.5) is 9.52 Å². The second kappa shape index (κ2) is 10.7. The highest BCUT2D eigenvalue weighted by atomic mass is 32.1. The Morgan fingerprint density at radius 3 is 2.74 bits per heavy atom. The molecule has 0 aliphatic heterocycles. The summed E-state index contributed by atoms with van der Waals surface area (Å²) in [5.41, 5.74) is 2.50. The number of hydrogen-bond donors (Lipinski definition) is 1. The van der Waals surface area contributed by atoms with Crippen LogP contribution in [0.1, 0.15) is 10.6 Å². The third kappa shape index (κ3) is 5.64. The summed E-state index contributed by atoms with van der Waals surface area (Å²) in [5.74, 6) is 0.145. The van der Waals surface area contributed by atoms with Crippen LogP contribution >= 0.6 is 22.7 Å². The molecule has 2 aromatic heterocycles. The van der Waals surface area contributed by atoms with Crippen molar-refractivity contribution < 1.29 is 18.7 Å². The lowest BCUT2D eigenvalue weighted by Crippen LogP contribution is -2.20. The molecule has 0 bridgehead atoms. The second-order valence-electron chi connectivity index (χ2n) is 6.80. The molecule has 1 N–H and O–H groups in total. The SMILES string of the molecule is COc1cc(C=C(C#N)c2nc(-c3ccc(F)cc3)cs2)ccc1OCC(=O)Nc1nccs1. The minimum Gasteiger partial charge on any atom is -0.493 e. The average molecular weight is 493 g/mol. The van der Waals surface area contributed by atoms with Crippen LogP contribution in [0.15, 0.2) is 59.4 Å². The van der Waals surface area contributed by atoms with Crippen molar-refractivity contribution in [2.24, 2.45) is 0 Å². The molecule has 0 fully saturated rings. The zero-order valence-corrected chi connectivity index (χ0v) is 19.5. The van der Waals surface area contributed by atoms with Gasteiger partial charge in [-0.1, -0.05) is 6.07 Å². The molecule has 1 amide bonds. The summed E-state index contributed by atoms with van der Waals surface area (Å²) < 4.78 is 24.2. The van der Waals surface area contributed by atoms with Crippen molar-refractivity contribution in [1.82, 2.24) is 9.97 Å². The molecule has 4 aromatic rings. The number of anilines is 1. The Labute approximate surface area is 202 Å². The number of benzene rings is 2. The Bertz CT molecular complexity index is 1360. The number of carbonyl (C=O) groups is 1. The first kappa shape index (κ1) is 23.1. The number of thiazole rings is 2. The molecule has 10 heteroatoms. The molecule has 0 atom stereocenters. The molecule has 2 heterocycles. The maximum absolute atomic E-state index is 13.2. The van der Waals surface area contributed by atoms with Crippen molar-refractivity contribution in [3.63, 3.8) is 0 Å². The van der Waals surface area contributed by atoms with Gasteiger partial charge in [0.05, 0.1) is 18.4 Å². The van der Waals surface area contributed by atoms with E-state index in [1.54, 1.807) is 48.0 Å². The Hall–Kier alpha value is -4.07. The molecule has 4 rings (SSSR count).